The number of rotatable bonds is 6. The molecule has 0 bridgehead atoms. The summed E-state index contributed by atoms with van der Waals surface area (Å²) in [6.45, 7) is 2.24. The lowest BCUT2D eigenvalue weighted by atomic mass is 10.2. The maximum absolute atomic E-state index is 8.91. The third-order valence-electron chi connectivity index (χ3n) is 1.77. The first-order valence-electron chi connectivity index (χ1n) is 4.84. The first-order chi connectivity index (χ1) is 7.22. The molecule has 0 aliphatic rings. The van der Waals surface area contributed by atoms with Gasteiger partial charge < -0.3 is 19.7 Å². The minimum atomic E-state index is -0.754. The van der Waals surface area contributed by atoms with E-state index in [9.17, 15) is 0 Å². The van der Waals surface area contributed by atoms with Gasteiger partial charge in [-0.1, -0.05) is 12.1 Å². The highest BCUT2D eigenvalue weighted by molar-refractivity contribution is 5.26. The van der Waals surface area contributed by atoms with Crippen LogP contribution in [0.3, 0.4) is 0 Å². The summed E-state index contributed by atoms with van der Waals surface area (Å²) in [6, 6.07) is 7.32. The molecule has 0 aliphatic heterocycles. The monoisotopic (exact) mass is 212 g/mol. The van der Waals surface area contributed by atoms with Gasteiger partial charge in [0, 0.05) is 0 Å². The normalized spacial score (nSPS) is 12.5. The standard InChI is InChI=1S/C11H16O4/c1-9(13)15-8-10-2-4-11(5-3-10)14-7-6-12/h2-5,9,12-13H,6-8H2,1H3/t9-/m1/s1. The smallest absolute Gasteiger partial charge is 0.152 e. The minimum Gasteiger partial charge on any atom is -0.491 e. The van der Waals surface area contributed by atoms with Crippen molar-refractivity contribution in [1.29, 1.82) is 0 Å². The van der Waals surface area contributed by atoms with Crippen LogP contribution in [0.1, 0.15) is 12.5 Å². The topological polar surface area (TPSA) is 58.9 Å². The van der Waals surface area contributed by atoms with Crippen molar-refractivity contribution in [3.63, 3.8) is 0 Å². The maximum atomic E-state index is 8.91. The predicted molar refractivity (Wildman–Crippen MR) is 55.5 cm³/mol. The zero-order chi connectivity index (χ0) is 11.1. The molecule has 0 heterocycles. The van der Waals surface area contributed by atoms with E-state index in [1.165, 1.54) is 0 Å². The molecule has 4 nitrogen and oxygen atoms in total. The highest BCUT2D eigenvalue weighted by Crippen LogP contribution is 2.12. The van der Waals surface area contributed by atoms with Crippen LogP contribution in [-0.4, -0.2) is 29.7 Å². The molecule has 0 fully saturated rings. The summed E-state index contributed by atoms with van der Waals surface area (Å²) in [5.74, 6) is 0.713. The Morgan fingerprint density at radius 1 is 1.27 bits per heavy atom. The molecule has 2 N–H and O–H groups in total. The molecule has 4 heteroatoms. The Morgan fingerprint density at radius 3 is 2.47 bits per heavy atom. The van der Waals surface area contributed by atoms with Crippen molar-refractivity contribution in [2.75, 3.05) is 13.2 Å². The fourth-order valence-corrected chi connectivity index (χ4v) is 1.06. The highest BCUT2D eigenvalue weighted by atomic mass is 16.6. The largest absolute Gasteiger partial charge is 0.491 e. The van der Waals surface area contributed by atoms with Crippen LogP contribution >= 0.6 is 0 Å². The first kappa shape index (κ1) is 12.0. The summed E-state index contributed by atoms with van der Waals surface area (Å²) < 4.78 is 10.2. The van der Waals surface area contributed by atoms with Crippen molar-refractivity contribution < 1.29 is 19.7 Å². The SMILES string of the molecule is C[C@H](O)OCc1ccc(OCCO)cc1. The van der Waals surface area contributed by atoms with Gasteiger partial charge in [-0.3, -0.25) is 0 Å². The molecule has 0 amide bonds. The van der Waals surface area contributed by atoms with Crippen molar-refractivity contribution in [2.45, 2.75) is 19.8 Å². The zero-order valence-corrected chi connectivity index (χ0v) is 8.72. The molecule has 0 spiro atoms. The van der Waals surface area contributed by atoms with E-state index in [1.807, 2.05) is 12.1 Å². The molecular formula is C11H16O4. The van der Waals surface area contributed by atoms with Gasteiger partial charge in [0.05, 0.1) is 13.2 Å². The van der Waals surface area contributed by atoms with Gasteiger partial charge in [0.25, 0.3) is 0 Å². The second-order valence-electron chi connectivity index (χ2n) is 3.13. The van der Waals surface area contributed by atoms with Gasteiger partial charge in [-0.15, -0.1) is 0 Å². The van der Waals surface area contributed by atoms with Crippen LogP contribution in [0.5, 0.6) is 5.75 Å². The summed E-state index contributed by atoms with van der Waals surface area (Å²) >= 11 is 0. The number of hydrogen-bond donors (Lipinski definition) is 2. The summed E-state index contributed by atoms with van der Waals surface area (Å²) in [6.07, 6.45) is -0.754. The summed E-state index contributed by atoms with van der Waals surface area (Å²) in [4.78, 5) is 0. The maximum Gasteiger partial charge on any atom is 0.152 e. The van der Waals surface area contributed by atoms with Gasteiger partial charge in [-0.05, 0) is 24.6 Å². The summed E-state index contributed by atoms with van der Waals surface area (Å²) in [5, 5.41) is 17.5. The van der Waals surface area contributed by atoms with E-state index in [4.69, 9.17) is 19.7 Å². The average Bonchev–Trinajstić information content (AvgIpc) is 2.25. The van der Waals surface area contributed by atoms with Gasteiger partial charge in [0.2, 0.25) is 0 Å². The minimum absolute atomic E-state index is 0.00683. The first-order valence-corrected chi connectivity index (χ1v) is 4.84. The van der Waals surface area contributed by atoms with Crippen LogP contribution in [0.4, 0.5) is 0 Å². The van der Waals surface area contributed by atoms with Gasteiger partial charge in [0.1, 0.15) is 12.4 Å². The highest BCUT2D eigenvalue weighted by Gasteiger charge is 1.98. The second-order valence-corrected chi connectivity index (χ2v) is 3.13. The molecule has 0 saturated carbocycles. The zero-order valence-electron chi connectivity index (χ0n) is 8.72. The molecule has 0 radical (unpaired) electrons. The van der Waals surface area contributed by atoms with Crippen molar-refractivity contribution in [1.82, 2.24) is 0 Å². The van der Waals surface area contributed by atoms with E-state index in [0.717, 1.165) is 5.56 Å². The lowest BCUT2D eigenvalue weighted by Gasteiger charge is -2.08. The summed E-state index contributed by atoms with van der Waals surface area (Å²) in [7, 11) is 0. The van der Waals surface area contributed by atoms with E-state index < -0.39 is 6.29 Å². The van der Waals surface area contributed by atoms with Crippen molar-refractivity contribution in [3.05, 3.63) is 29.8 Å². The molecule has 1 rings (SSSR count). The molecule has 0 aliphatic carbocycles. The summed E-state index contributed by atoms with van der Waals surface area (Å²) in [5.41, 5.74) is 0.965. The molecule has 0 saturated heterocycles. The van der Waals surface area contributed by atoms with Crippen LogP contribution < -0.4 is 4.74 Å². The van der Waals surface area contributed by atoms with E-state index in [1.54, 1.807) is 19.1 Å². The van der Waals surface area contributed by atoms with Crippen LogP contribution in [0.2, 0.25) is 0 Å². The van der Waals surface area contributed by atoms with Crippen LogP contribution in [-0.2, 0) is 11.3 Å². The molecule has 15 heavy (non-hydrogen) atoms. The molecule has 1 atom stereocenters. The molecule has 0 unspecified atom stereocenters. The third kappa shape index (κ3) is 4.78. The van der Waals surface area contributed by atoms with E-state index in [0.29, 0.717) is 19.0 Å². The van der Waals surface area contributed by atoms with E-state index >= 15 is 0 Å². The number of benzene rings is 1. The number of aliphatic hydroxyl groups excluding tert-OH is 2. The van der Waals surface area contributed by atoms with Crippen molar-refractivity contribution in [2.24, 2.45) is 0 Å². The number of aliphatic hydroxyl groups is 2. The molecule has 0 aromatic heterocycles. The Kier molecular flexibility index (Phi) is 5.10. The molecule has 1 aromatic rings. The third-order valence-corrected chi connectivity index (χ3v) is 1.77. The van der Waals surface area contributed by atoms with Gasteiger partial charge >= 0.3 is 0 Å². The lowest BCUT2D eigenvalue weighted by molar-refractivity contribution is -0.0939. The fraction of sp³-hybridized carbons (Fsp3) is 0.455. The van der Waals surface area contributed by atoms with Crippen LogP contribution in [0, 0.1) is 0 Å². The quantitative estimate of drug-likeness (QED) is 0.688. The lowest BCUT2D eigenvalue weighted by Crippen LogP contribution is -2.06. The average molecular weight is 212 g/mol. The Balaban J connectivity index is 2.41. The van der Waals surface area contributed by atoms with E-state index in [-0.39, 0.29) is 6.61 Å². The Bertz CT molecular complexity index is 268. The molecule has 1 aromatic carbocycles. The van der Waals surface area contributed by atoms with Crippen LogP contribution in [0.25, 0.3) is 0 Å². The second kappa shape index (κ2) is 6.40. The Hall–Kier alpha value is -1.10. The van der Waals surface area contributed by atoms with Gasteiger partial charge in [-0.25, -0.2) is 0 Å². The van der Waals surface area contributed by atoms with E-state index in [2.05, 4.69) is 0 Å². The Labute approximate surface area is 89.1 Å². The fourth-order valence-electron chi connectivity index (χ4n) is 1.06. The van der Waals surface area contributed by atoms with Crippen molar-refractivity contribution in [3.8, 4) is 5.75 Å². The Morgan fingerprint density at radius 2 is 1.93 bits per heavy atom. The molecule has 84 valence electrons. The van der Waals surface area contributed by atoms with Gasteiger partial charge in [-0.2, -0.15) is 0 Å². The van der Waals surface area contributed by atoms with Gasteiger partial charge in [0.15, 0.2) is 6.29 Å². The molecular weight excluding hydrogens is 196 g/mol. The van der Waals surface area contributed by atoms with Crippen LogP contribution in [0.15, 0.2) is 24.3 Å². The number of hydrogen-bond acceptors (Lipinski definition) is 4. The predicted octanol–water partition coefficient (Wildman–Crippen LogP) is 0.913. The number of ether oxygens (including phenoxy) is 2. The van der Waals surface area contributed by atoms with Crippen molar-refractivity contribution >= 4 is 0 Å².